The molecule has 0 aliphatic heterocycles. The van der Waals surface area contributed by atoms with Crippen molar-refractivity contribution in [1.82, 2.24) is 0 Å². The predicted octanol–water partition coefficient (Wildman–Crippen LogP) is 18.3. The highest BCUT2D eigenvalue weighted by Crippen LogP contribution is 2.43. The van der Waals surface area contributed by atoms with Crippen molar-refractivity contribution >= 4 is 19.8 Å². The minimum absolute atomic E-state index is 0.0200. The van der Waals surface area contributed by atoms with Crippen LogP contribution in [-0.2, 0) is 32.7 Å². The molecular weight excluding hydrogens is 954 g/mol. The molecular formula is C65H107NO8P+. The number of carbonyl (C=O) groups excluding carboxylic acids is 2. The lowest BCUT2D eigenvalue weighted by Gasteiger charge is -2.24. The summed E-state index contributed by atoms with van der Waals surface area (Å²) in [6.07, 6.45) is 80.8. The Morgan fingerprint density at radius 2 is 0.760 bits per heavy atom. The van der Waals surface area contributed by atoms with Crippen LogP contribution in [0.15, 0.2) is 146 Å². The van der Waals surface area contributed by atoms with E-state index in [4.69, 9.17) is 18.5 Å². The second-order valence-corrected chi connectivity index (χ2v) is 21.4. The Kier molecular flexibility index (Phi) is 51.7. The van der Waals surface area contributed by atoms with Gasteiger partial charge in [-0.3, -0.25) is 18.6 Å². The van der Waals surface area contributed by atoms with Crippen molar-refractivity contribution in [2.45, 2.75) is 206 Å². The van der Waals surface area contributed by atoms with E-state index < -0.39 is 26.5 Å². The Hall–Kier alpha value is -4.11. The number of esters is 2. The van der Waals surface area contributed by atoms with E-state index in [9.17, 15) is 19.0 Å². The number of quaternary nitrogens is 1. The molecule has 0 aliphatic carbocycles. The van der Waals surface area contributed by atoms with Gasteiger partial charge in [0.1, 0.15) is 19.8 Å². The van der Waals surface area contributed by atoms with Gasteiger partial charge in [0.05, 0.1) is 27.7 Å². The Bertz CT molecular complexity index is 1770. The molecule has 0 aromatic rings. The van der Waals surface area contributed by atoms with E-state index in [-0.39, 0.29) is 32.0 Å². The smallest absolute Gasteiger partial charge is 0.462 e. The molecule has 10 heteroatoms. The Morgan fingerprint density at radius 3 is 1.13 bits per heavy atom. The van der Waals surface area contributed by atoms with Gasteiger partial charge in [-0.05, 0) is 103 Å². The quantitative estimate of drug-likeness (QED) is 0.0211. The summed E-state index contributed by atoms with van der Waals surface area (Å²) in [6, 6.07) is 0. The molecule has 2 unspecified atom stereocenters. The van der Waals surface area contributed by atoms with Gasteiger partial charge in [-0.2, -0.15) is 0 Å². The monoisotopic (exact) mass is 1060 g/mol. The lowest BCUT2D eigenvalue weighted by atomic mass is 10.1. The minimum atomic E-state index is -4.39. The maximum Gasteiger partial charge on any atom is 0.472 e. The number of rotatable bonds is 51. The summed E-state index contributed by atoms with van der Waals surface area (Å²) >= 11 is 0. The topological polar surface area (TPSA) is 108 Å². The summed E-state index contributed by atoms with van der Waals surface area (Å²) in [6.45, 7) is 4.24. The van der Waals surface area contributed by atoms with Crippen LogP contribution in [0.2, 0.25) is 0 Å². The first kappa shape index (κ1) is 70.9. The van der Waals surface area contributed by atoms with Gasteiger partial charge in [-0.1, -0.05) is 230 Å². The molecule has 9 nitrogen and oxygen atoms in total. The van der Waals surface area contributed by atoms with Gasteiger partial charge < -0.3 is 18.9 Å². The average Bonchev–Trinajstić information content (AvgIpc) is 3.37. The third kappa shape index (κ3) is 59.0. The van der Waals surface area contributed by atoms with Crippen molar-refractivity contribution in [3.63, 3.8) is 0 Å². The lowest BCUT2D eigenvalue weighted by molar-refractivity contribution is -0.870. The van der Waals surface area contributed by atoms with Crippen LogP contribution in [0.25, 0.3) is 0 Å². The molecule has 0 bridgehead atoms. The highest BCUT2D eigenvalue weighted by molar-refractivity contribution is 7.47. The van der Waals surface area contributed by atoms with Crippen LogP contribution in [0.3, 0.4) is 0 Å². The largest absolute Gasteiger partial charge is 0.472 e. The molecule has 0 aromatic heterocycles. The van der Waals surface area contributed by atoms with Gasteiger partial charge in [0, 0.05) is 12.8 Å². The zero-order chi connectivity index (χ0) is 54.9. The minimum Gasteiger partial charge on any atom is -0.462 e. The van der Waals surface area contributed by atoms with Crippen molar-refractivity contribution in [1.29, 1.82) is 0 Å². The van der Waals surface area contributed by atoms with Gasteiger partial charge in [-0.25, -0.2) is 4.57 Å². The van der Waals surface area contributed by atoms with Gasteiger partial charge in [-0.15, -0.1) is 0 Å². The van der Waals surface area contributed by atoms with Crippen molar-refractivity contribution in [3.05, 3.63) is 146 Å². The SMILES string of the molecule is CC/C=C\C/C=C\C/C=C\C/C=C\C/C=C\C/C=C\C/C=C\C/C=C\C/C=C\C/C=C\C/C=C\C/C=C\CCCCCCC(=O)OC(COC(=O)CCCCCCCCCCCC)COP(=O)(O)OCC[N+](C)(C)C. The zero-order valence-corrected chi connectivity index (χ0v) is 48.9. The van der Waals surface area contributed by atoms with Crippen LogP contribution in [0.1, 0.15) is 200 Å². The van der Waals surface area contributed by atoms with Gasteiger partial charge in [0.25, 0.3) is 0 Å². The van der Waals surface area contributed by atoms with Crippen LogP contribution >= 0.6 is 7.82 Å². The number of phosphoric acid groups is 1. The second kappa shape index (κ2) is 54.7. The molecule has 0 aromatic carbocycles. The molecule has 0 fully saturated rings. The number of nitrogens with zero attached hydrogens (tertiary/aromatic N) is 1. The molecule has 0 saturated carbocycles. The van der Waals surface area contributed by atoms with Crippen molar-refractivity contribution in [2.75, 3.05) is 47.5 Å². The third-order valence-electron chi connectivity index (χ3n) is 11.6. The van der Waals surface area contributed by atoms with E-state index in [1.54, 1.807) is 0 Å². The van der Waals surface area contributed by atoms with E-state index in [0.717, 1.165) is 122 Å². The number of unbranched alkanes of at least 4 members (excludes halogenated alkanes) is 13. The van der Waals surface area contributed by atoms with E-state index in [0.29, 0.717) is 17.4 Å². The number of carbonyl (C=O) groups is 2. The third-order valence-corrected chi connectivity index (χ3v) is 12.6. The molecule has 0 rings (SSSR count). The summed E-state index contributed by atoms with van der Waals surface area (Å²) in [5, 5.41) is 0. The molecule has 75 heavy (non-hydrogen) atoms. The number of phosphoric ester groups is 1. The zero-order valence-electron chi connectivity index (χ0n) is 48.0. The Morgan fingerprint density at radius 1 is 0.427 bits per heavy atom. The fraction of sp³-hybridized carbons (Fsp3) is 0.600. The summed E-state index contributed by atoms with van der Waals surface area (Å²) in [4.78, 5) is 35.5. The van der Waals surface area contributed by atoms with Crippen molar-refractivity contribution < 1.29 is 42.1 Å². The molecule has 1 N–H and O–H groups in total. The van der Waals surface area contributed by atoms with Gasteiger partial charge in [0.15, 0.2) is 6.10 Å². The highest BCUT2D eigenvalue weighted by atomic mass is 31.2. The van der Waals surface area contributed by atoms with E-state index in [1.807, 2.05) is 21.1 Å². The summed E-state index contributed by atoms with van der Waals surface area (Å²) in [5.74, 6) is -0.839. The number of hydrogen-bond donors (Lipinski definition) is 1. The fourth-order valence-electron chi connectivity index (χ4n) is 7.17. The molecule has 0 saturated heterocycles. The van der Waals surface area contributed by atoms with Gasteiger partial charge in [0.2, 0.25) is 0 Å². The van der Waals surface area contributed by atoms with Crippen LogP contribution in [-0.4, -0.2) is 74.9 Å². The fourth-order valence-corrected chi connectivity index (χ4v) is 7.91. The van der Waals surface area contributed by atoms with Crippen molar-refractivity contribution in [2.24, 2.45) is 0 Å². The standard InChI is InChI=1S/C65H106NO8P/c1-6-8-10-12-14-16-18-19-20-21-22-23-24-25-26-27-28-29-30-31-32-33-34-35-36-37-38-39-40-41-42-43-44-45-46-47-48-50-52-54-56-58-65(68)74-63(62-73-75(69,70)72-60-59-66(3,4)5)61-71-64(67)57-55-53-51-49-17-15-13-11-9-7-2/h8,10,14,16,19-20,22-23,25-26,28-29,31-32,34-35,37-38,40-41,43-44,46-47,63H,6-7,9,11-13,15,17-18,21,24,27,30,33,36,39,42,45,48-62H2,1-5H3/p+1/b10-8-,16-14-,20-19-,23-22-,26-25-,29-28-,32-31-,35-34-,38-37-,41-40-,44-43-,47-46-. The normalized spacial score (nSPS) is 14.4. The first-order valence-corrected chi connectivity index (χ1v) is 30.6. The number of allylic oxidation sites excluding steroid dienone is 24. The average molecular weight is 1060 g/mol. The van der Waals surface area contributed by atoms with Crippen molar-refractivity contribution in [3.8, 4) is 0 Å². The number of likely N-dealkylation sites (N-methyl/N-ethyl adjacent to an activating group) is 1. The molecule has 0 aliphatic rings. The molecule has 0 spiro atoms. The molecule has 0 heterocycles. The summed E-state index contributed by atoms with van der Waals surface area (Å²) in [7, 11) is 1.44. The maximum absolute atomic E-state index is 12.8. The van der Waals surface area contributed by atoms with E-state index in [1.165, 1.54) is 44.9 Å². The molecule has 424 valence electrons. The predicted molar refractivity (Wildman–Crippen MR) is 320 cm³/mol. The Labute approximate surface area is 459 Å². The molecule has 2 atom stereocenters. The van der Waals surface area contributed by atoms with Crippen LogP contribution in [0, 0.1) is 0 Å². The van der Waals surface area contributed by atoms with E-state index >= 15 is 0 Å². The summed E-state index contributed by atoms with van der Waals surface area (Å²) in [5.41, 5.74) is 0. The van der Waals surface area contributed by atoms with Crippen LogP contribution in [0.4, 0.5) is 0 Å². The van der Waals surface area contributed by atoms with Gasteiger partial charge >= 0.3 is 19.8 Å². The van der Waals surface area contributed by atoms with E-state index in [2.05, 4.69) is 160 Å². The first-order valence-electron chi connectivity index (χ1n) is 29.1. The Balaban J connectivity index is 4.15. The molecule has 0 radical (unpaired) electrons. The molecule has 0 amide bonds. The van der Waals surface area contributed by atoms with Crippen LogP contribution in [0.5, 0.6) is 0 Å². The second-order valence-electron chi connectivity index (χ2n) is 19.9. The highest BCUT2D eigenvalue weighted by Gasteiger charge is 2.27. The summed E-state index contributed by atoms with van der Waals surface area (Å²) < 4.78 is 34.4. The lowest BCUT2D eigenvalue weighted by Crippen LogP contribution is -2.37. The number of hydrogen-bond acceptors (Lipinski definition) is 7. The number of ether oxygens (including phenoxy) is 2. The maximum atomic E-state index is 12.8. The first-order chi connectivity index (χ1) is 36.5. The van der Waals surface area contributed by atoms with Crippen LogP contribution < -0.4 is 0 Å².